The summed E-state index contributed by atoms with van der Waals surface area (Å²) in [4.78, 5) is 20.7. The molecule has 3 atom stereocenters. The molecule has 2 heterocycles. The average molecular weight is 358 g/mol. The number of fused-ring (bicyclic) bond motifs is 2. The predicted octanol–water partition coefficient (Wildman–Crippen LogP) is 4.04. The first-order valence-corrected chi connectivity index (χ1v) is 9.40. The first-order chi connectivity index (χ1) is 13.1. The molecule has 1 aliphatic rings. The van der Waals surface area contributed by atoms with Crippen LogP contribution in [-0.2, 0) is 11.8 Å². The summed E-state index contributed by atoms with van der Waals surface area (Å²) in [5.74, 6) is 1.24. The Kier molecular flexibility index (Phi) is 3.57. The number of nitrogens with zero attached hydrogens (tertiary/aromatic N) is 2. The van der Waals surface area contributed by atoms with Gasteiger partial charge >= 0.3 is 0 Å². The summed E-state index contributed by atoms with van der Waals surface area (Å²) >= 11 is 0. The van der Waals surface area contributed by atoms with E-state index in [1.807, 2.05) is 38.2 Å². The van der Waals surface area contributed by atoms with Crippen LogP contribution in [0.4, 0.5) is 0 Å². The fraction of sp³-hybridized carbons (Fsp3) is 0.273. The zero-order valence-electron chi connectivity index (χ0n) is 15.4. The second kappa shape index (κ2) is 5.98. The van der Waals surface area contributed by atoms with Gasteiger partial charge in [0.2, 0.25) is 5.91 Å². The van der Waals surface area contributed by atoms with E-state index in [1.54, 1.807) is 0 Å². The van der Waals surface area contributed by atoms with E-state index in [9.17, 15) is 4.79 Å². The van der Waals surface area contributed by atoms with Gasteiger partial charge in [-0.3, -0.25) is 4.79 Å². The second-order valence-electron chi connectivity index (χ2n) is 7.56. The molecule has 0 spiro atoms. The first-order valence-electron chi connectivity index (χ1n) is 9.40. The highest BCUT2D eigenvalue weighted by molar-refractivity contribution is 5.84. The molecule has 4 aromatic rings. The number of aryl methyl sites for hydroxylation is 1. The van der Waals surface area contributed by atoms with Gasteiger partial charge in [-0.25, -0.2) is 4.98 Å². The van der Waals surface area contributed by atoms with Crippen molar-refractivity contribution in [2.24, 2.45) is 13.0 Å². The molecule has 2 aromatic carbocycles. The number of aromatic nitrogens is 3. The van der Waals surface area contributed by atoms with E-state index in [0.717, 1.165) is 28.8 Å². The molecule has 0 radical (unpaired) electrons. The number of aromatic amines is 1. The van der Waals surface area contributed by atoms with Crippen LogP contribution >= 0.6 is 0 Å². The Morgan fingerprint density at radius 2 is 2.11 bits per heavy atom. The van der Waals surface area contributed by atoms with Crippen LogP contribution in [-0.4, -0.2) is 20.4 Å². The third kappa shape index (κ3) is 2.79. The minimum absolute atomic E-state index is 0.00628. The SMILES string of the molecule is CC(NC(=O)[C@H]1C[C@@H]1c1nc2ccccc2[nH]1)c1ccc2ccn(C)c2c1. The number of benzene rings is 2. The van der Waals surface area contributed by atoms with Crippen molar-refractivity contribution in [1.29, 1.82) is 0 Å². The van der Waals surface area contributed by atoms with Gasteiger partial charge < -0.3 is 14.9 Å². The van der Waals surface area contributed by atoms with Crippen molar-refractivity contribution in [2.75, 3.05) is 0 Å². The van der Waals surface area contributed by atoms with Crippen molar-refractivity contribution < 1.29 is 4.79 Å². The zero-order chi connectivity index (χ0) is 18.5. The van der Waals surface area contributed by atoms with E-state index in [2.05, 4.69) is 50.3 Å². The summed E-state index contributed by atoms with van der Waals surface area (Å²) in [7, 11) is 2.04. The van der Waals surface area contributed by atoms with Crippen LogP contribution in [0, 0.1) is 5.92 Å². The standard InChI is InChI=1S/C22H22N4O/c1-13(15-8-7-14-9-10-26(2)20(14)11-15)23-22(27)17-12-16(17)21-24-18-5-3-4-6-19(18)25-21/h3-11,13,16-17H,12H2,1-2H3,(H,23,27)(H,24,25)/t13?,16-,17-/m0/s1. The molecule has 5 nitrogen and oxygen atoms in total. The van der Waals surface area contributed by atoms with Crippen molar-refractivity contribution in [1.82, 2.24) is 19.9 Å². The molecule has 1 aliphatic carbocycles. The smallest absolute Gasteiger partial charge is 0.224 e. The van der Waals surface area contributed by atoms with Crippen LogP contribution in [0.2, 0.25) is 0 Å². The number of carbonyl (C=O) groups excluding carboxylic acids is 1. The number of rotatable bonds is 4. The monoisotopic (exact) mass is 358 g/mol. The van der Waals surface area contributed by atoms with Crippen LogP contribution in [0.5, 0.6) is 0 Å². The minimum Gasteiger partial charge on any atom is -0.351 e. The largest absolute Gasteiger partial charge is 0.351 e. The Balaban J connectivity index is 1.29. The fourth-order valence-corrected chi connectivity index (χ4v) is 3.89. The number of hydrogen-bond donors (Lipinski definition) is 2. The lowest BCUT2D eigenvalue weighted by atomic mass is 10.1. The van der Waals surface area contributed by atoms with Crippen molar-refractivity contribution in [2.45, 2.75) is 25.3 Å². The Hall–Kier alpha value is -3.08. The van der Waals surface area contributed by atoms with Gasteiger partial charge in [0.05, 0.1) is 17.1 Å². The zero-order valence-corrected chi connectivity index (χ0v) is 15.4. The topological polar surface area (TPSA) is 62.7 Å². The van der Waals surface area contributed by atoms with E-state index in [0.29, 0.717) is 0 Å². The Morgan fingerprint density at radius 1 is 1.26 bits per heavy atom. The minimum atomic E-state index is -0.0197. The lowest BCUT2D eigenvalue weighted by Crippen LogP contribution is -2.28. The average Bonchev–Trinajstić information content (AvgIpc) is 3.23. The fourth-order valence-electron chi connectivity index (χ4n) is 3.89. The van der Waals surface area contributed by atoms with Gasteiger partial charge in [-0.05, 0) is 48.6 Å². The van der Waals surface area contributed by atoms with Crippen LogP contribution < -0.4 is 5.32 Å². The summed E-state index contributed by atoms with van der Waals surface area (Å²) in [5.41, 5.74) is 4.30. The third-order valence-electron chi connectivity index (χ3n) is 5.66. The highest BCUT2D eigenvalue weighted by Crippen LogP contribution is 2.47. The maximum Gasteiger partial charge on any atom is 0.224 e. The molecule has 2 N–H and O–H groups in total. The number of nitrogens with one attached hydrogen (secondary N) is 2. The molecule has 1 amide bonds. The van der Waals surface area contributed by atoms with E-state index < -0.39 is 0 Å². The molecule has 1 unspecified atom stereocenters. The van der Waals surface area contributed by atoms with E-state index in [1.165, 1.54) is 10.9 Å². The summed E-state index contributed by atoms with van der Waals surface area (Å²) < 4.78 is 2.10. The molecule has 5 heteroatoms. The number of para-hydroxylation sites is 2. The van der Waals surface area contributed by atoms with Crippen molar-refractivity contribution in [3.05, 3.63) is 66.1 Å². The van der Waals surface area contributed by atoms with Crippen molar-refractivity contribution in [3.8, 4) is 0 Å². The number of amides is 1. The molecule has 0 saturated heterocycles. The maximum absolute atomic E-state index is 12.7. The van der Waals surface area contributed by atoms with E-state index >= 15 is 0 Å². The molecule has 136 valence electrons. The molecular formula is C22H22N4O. The predicted molar refractivity (Wildman–Crippen MR) is 106 cm³/mol. The Labute approximate surface area is 157 Å². The molecule has 5 rings (SSSR count). The van der Waals surface area contributed by atoms with Crippen LogP contribution in [0.25, 0.3) is 21.9 Å². The normalized spacial score (nSPS) is 20.1. The quantitative estimate of drug-likeness (QED) is 0.578. The summed E-state index contributed by atoms with van der Waals surface area (Å²) in [6.07, 6.45) is 2.91. The summed E-state index contributed by atoms with van der Waals surface area (Å²) in [5, 5.41) is 4.39. The van der Waals surface area contributed by atoms with Gasteiger partial charge in [0.25, 0.3) is 0 Å². The molecule has 0 aliphatic heterocycles. The van der Waals surface area contributed by atoms with Crippen molar-refractivity contribution in [3.63, 3.8) is 0 Å². The summed E-state index contributed by atoms with van der Waals surface area (Å²) in [6, 6.07) is 16.4. The number of hydrogen-bond acceptors (Lipinski definition) is 2. The van der Waals surface area contributed by atoms with Crippen LogP contribution in [0.1, 0.15) is 36.7 Å². The highest BCUT2D eigenvalue weighted by Gasteiger charge is 2.46. The maximum atomic E-state index is 12.7. The van der Waals surface area contributed by atoms with Gasteiger partial charge in [-0.1, -0.05) is 24.3 Å². The van der Waals surface area contributed by atoms with Gasteiger partial charge in [-0.15, -0.1) is 0 Å². The first kappa shape index (κ1) is 16.1. The molecule has 27 heavy (non-hydrogen) atoms. The Morgan fingerprint density at radius 3 is 2.96 bits per heavy atom. The Bertz CT molecular complexity index is 1120. The molecular weight excluding hydrogens is 336 g/mol. The molecule has 2 aromatic heterocycles. The number of carbonyl (C=O) groups is 1. The highest BCUT2D eigenvalue weighted by atomic mass is 16.2. The summed E-state index contributed by atoms with van der Waals surface area (Å²) in [6.45, 7) is 2.04. The third-order valence-corrected chi connectivity index (χ3v) is 5.66. The van der Waals surface area contributed by atoms with Crippen LogP contribution in [0.3, 0.4) is 0 Å². The molecule has 1 fully saturated rings. The van der Waals surface area contributed by atoms with Crippen LogP contribution in [0.15, 0.2) is 54.7 Å². The molecule has 0 bridgehead atoms. The number of H-pyrrole nitrogens is 1. The van der Waals surface area contributed by atoms with Gasteiger partial charge in [-0.2, -0.15) is 0 Å². The van der Waals surface area contributed by atoms with Crippen molar-refractivity contribution >= 4 is 27.8 Å². The lowest BCUT2D eigenvalue weighted by molar-refractivity contribution is -0.123. The lowest BCUT2D eigenvalue weighted by Gasteiger charge is -2.15. The van der Waals surface area contributed by atoms with E-state index in [-0.39, 0.29) is 23.8 Å². The van der Waals surface area contributed by atoms with Gasteiger partial charge in [0.1, 0.15) is 5.82 Å². The van der Waals surface area contributed by atoms with Gasteiger partial charge in [0.15, 0.2) is 0 Å². The van der Waals surface area contributed by atoms with E-state index in [4.69, 9.17) is 0 Å². The number of imidazole rings is 1. The van der Waals surface area contributed by atoms with Gasteiger partial charge in [0, 0.05) is 30.6 Å². The second-order valence-corrected chi connectivity index (χ2v) is 7.56. The molecule has 1 saturated carbocycles.